The Labute approximate surface area is 91.9 Å². The predicted octanol–water partition coefficient (Wildman–Crippen LogP) is 2.96. The maximum absolute atomic E-state index is 3.77. The molecule has 0 saturated heterocycles. The highest BCUT2D eigenvalue weighted by Crippen LogP contribution is 2.37. The van der Waals surface area contributed by atoms with Crippen molar-refractivity contribution in [1.82, 2.24) is 5.32 Å². The number of hydrogen-bond donors (Lipinski definition) is 1. The summed E-state index contributed by atoms with van der Waals surface area (Å²) < 4.78 is 0. The standard InChI is InChI=1S/C14H19N/c1-10-11-6-2-3-7-12(11)13-8-4-5-9-14(13)15-10/h2-3,6-7,10-11,14-15H,4-5,8-9H2,1H3. The molecule has 3 aliphatic rings. The molecule has 0 aromatic rings. The summed E-state index contributed by atoms with van der Waals surface area (Å²) in [6, 6.07) is 1.28. The molecule has 2 aliphatic carbocycles. The Morgan fingerprint density at radius 3 is 3.13 bits per heavy atom. The van der Waals surface area contributed by atoms with Gasteiger partial charge in [-0.05, 0) is 37.3 Å². The molecule has 0 amide bonds. The summed E-state index contributed by atoms with van der Waals surface area (Å²) in [6.45, 7) is 2.32. The fourth-order valence-electron chi connectivity index (χ4n) is 3.28. The largest absolute Gasteiger partial charge is 0.307 e. The molecular weight excluding hydrogens is 182 g/mol. The van der Waals surface area contributed by atoms with Crippen LogP contribution < -0.4 is 5.32 Å². The minimum Gasteiger partial charge on any atom is -0.307 e. The maximum atomic E-state index is 3.77. The molecule has 0 spiro atoms. The molecule has 0 aromatic heterocycles. The van der Waals surface area contributed by atoms with Crippen molar-refractivity contribution in [3.63, 3.8) is 0 Å². The van der Waals surface area contributed by atoms with E-state index in [1.165, 1.54) is 25.7 Å². The van der Waals surface area contributed by atoms with Gasteiger partial charge in [-0.2, -0.15) is 0 Å². The Bertz CT molecular complexity index is 348. The molecule has 3 unspecified atom stereocenters. The Morgan fingerprint density at radius 1 is 1.27 bits per heavy atom. The third-order valence-electron chi connectivity index (χ3n) is 4.05. The monoisotopic (exact) mass is 201 g/mol. The minimum absolute atomic E-state index is 0.605. The lowest BCUT2D eigenvalue weighted by Crippen LogP contribution is -2.48. The quantitative estimate of drug-likeness (QED) is 0.635. The first kappa shape index (κ1) is 9.41. The summed E-state index contributed by atoms with van der Waals surface area (Å²) in [5.41, 5.74) is 3.32. The molecule has 1 heteroatoms. The second kappa shape index (κ2) is 3.64. The smallest absolute Gasteiger partial charge is 0.0288 e. The van der Waals surface area contributed by atoms with E-state index in [1.807, 2.05) is 0 Å². The van der Waals surface area contributed by atoms with Crippen LogP contribution >= 0.6 is 0 Å². The predicted molar refractivity (Wildman–Crippen MR) is 63.6 cm³/mol. The van der Waals surface area contributed by atoms with Gasteiger partial charge >= 0.3 is 0 Å². The van der Waals surface area contributed by atoms with Crippen molar-refractivity contribution in [3.05, 3.63) is 35.5 Å². The Balaban J connectivity index is 2.02. The molecular formula is C14H19N. The van der Waals surface area contributed by atoms with Gasteiger partial charge in [-0.1, -0.05) is 30.7 Å². The first-order valence-electron chi connectivity index (χ1n) is 6.20. The van der Waals surface area contributed by atoms with Gasteiger partial charge in [-0.3, -0.25) is 0 Å². The first-order valence-corrected chi connectivity index (χ1v) is 6.20. The summed E-state index contributed by atoms with van der Waals surface area (Å²) in [5, 5.41) is 3.77. The minimum atomic E-state index is 0.605. The first-order chi connectivity index (χ1) is 7.36. The third kappa shape index (κ3) is 1.50. The number of fused-ring (bicyclic) bond motifs is 2. The number of hydrogen-bond acceptors (Lipinski definition) is 1. The van der Waals surface area contributed by atoms with Gasteiger partial charge < -0.3 is 5.32 Å². The van der Waals surface area contributed by atoms with Crippen LogP contribution in [-0.4, -0.2) is 12.1 Å². The van der Waals surface area contributed by atoms with E-state index in [-0.39, 0.29) is 0 Å². The van der Waals surface area contributed by atoms with Crippen molar-refractivity contribution in [2.75, 3.05) is 0 Å². The lowest BCUT2D eigenvalue weighted by Gasteiger charge is -2.41. The van der Waals surface area contributed by atoms with E-state index >= 15 is 0 Å². The SMILES string of the molecule is CC1NC2CCCCC2=C2C=CC=CC21. The lowest BCUT2D eigenvalue weighted by atomic mass is 9.75. The van der Waals surface area contributed by atoms with Gasteiger partial charge in [-0.25, -0.2) is 0 Å². The number of nitrogens with one attached hydrogen (secondary N) is 1. The summed E-state index contributed by atoms with van der Waals surface area (Å²) in [5.74, 6) is 0.624. The summed E-state index contributed by atoms with van der Waals surface area (Å²) in [6.07, 6.45) is 14.5. The van der Waals surface area contributed by atoms with E-state index in [4.69, 9.17) is 0 Å². The van der Waals surface area contributed by atoms with Gasteiger partial charge in [-0.15, -0.1) is 0 Å². The van der Waals surface area contributed by atoms with Crippen LogP contribution in [0.3, 0.4) is 0 Å². The van der Waals surface area contributed by atoms with Crippen molar-refractivity contribution in [3.8, 4) is 0 Å². The highest BCUT2D eigenvalue weighted by Gasteiger charge is 2.33. The Kier molecular flexibility index (Phi) is 2.28. The summed E-state index contributed by atoms with van der Waals surface area (Å²) in [4.78, 5) is 0. The molecule has 3 atom stereocenters. The summed E-state index contributed by atoms with van der Waals surface area (Å²) in [7, 11) is 0. The van der Waals surface area contributed by atoms with Gasteiger partial charge in [0.05, 0.1) is 0 Å². The van der Waals surface area contributed by atoms with Crippen LogP contribution in [-0.2, 0) is 0 Å². The van der Waals surface area contributed by atoms with Crippen molar-refractivity contribution < 1.29 is 0 Å². The van der Waals surface area contributed by atoms with Gasteiger partial charge in [0.25, 0.3) is 0 Å². The fourth-order valence-corrected chi connectivity index (χ4v) is 3.28. The van der Waals surface area contributed by atoms with Crippen molar-refractivity contribution in [2.24, 2.45) is 5.92 Å². The topological polar surface area (TPSA) is 12.0 Å². The van der Waals surface area contributed by atoms with Crippen LogP contribution in [0.5, 0.6) is 0 Å². The number of rotatable bonds is 0. The molecule has 0 radical (unpaired) electrons. The van der Waals surface area contributed by atoms with Gasteiger partial charge in [0.2, 0.25) is 0 Å². The normalized spacial score (nSPS) is 38.9. The van der Waals surface area contributed by atoms with E-state index in [0.717, 1.165) is 0 Å². The molecule has 15 heavy (non-hydrogen) atoms. The zero-order valence-corrected chi connectivity index (χ0v) is 9.37. The second-order valence-electron chi connectivity index (χ2n) is 5.00. The van der Waals surface area contributed by atoms with E-state index < -0.39 is 0 Å². The van der Waals surface area contributed by atoms with E-state index in [0.29, 0.717) is 18.0 Å². The van der Waals surface area contributed by atoms with Gasteiger partial charge in [0.15, 0.2) is 0 Å². The van der Waals surface area contributed by atoms with Crippen LogP contribution in [0.25, 0.3) is 0 Å². The van der Waals surface area contributed by atoms with Crippen molar-refractivity contribution >= 4 is 0 Å². The Morgan fingerprint density at radius 2 is 2.20 bits per heavy atom. The Hall–Kier alpha value is -0.820. The molecule has 1 heterocycles. The van der Waals surface area contributed by atoms with E-state index in [2.05, 4.69) is 36.5 Å². The molecule has 1 aliphatic heterocycles. The molecule has 1 fully saturated rings. The summed E-state index contributed by atoms with van der Waals surface area (Å²) >= 11 is 0. The molecule has 1 saturated carbocycles. The average Bonchev–Trinajstić information content (AvgIpc) is 2.30. The maximum Gasteiger partial charge on any atom is 0.0288 e. The lowest BCUT2D eigenvalue weighted by molar-refractivity contribution is 0.349. The fraction of sp³-hybridized carbons (Fsp3) is 0.571. The molecule has 0 aromatic carbocycles. The molecule has 0 bridgehead atoms. The second-order valence-corrected chi connectivity index (χ2v) is 5.00. The van der Waals surface area contributed by atoms with Crippen LogP contribution in [0.1, 0.15) is 32.6 Å². The highest BCUT2D eigenvalue weighted by molar-refractivity contribution is 5.42. The van der Waals surface area contributed by atoms with Gasteiger partial charge in [0.1, 0.15) is 0 Å². The molecule has 1 nitrogen and oxygen atoms in total. The van der Waals surface area contributed by atoms with Gasteiger partial charge in [0, 0.05) is 18.0 Å². The van der Waals surface area contributed by atoms with Crippen LogP contribution in [0, 0.1) is 5.92 Å². The van der Waals surface area contributed by atoms with Crippen molar-refractivity contribution in [1.29, 1.82) is 0 Å². The van der Waals surface area contributed by atoms with Crippen LogP contribution in [0.4, 0.5) is 0 Å². The van der Waals surface area contributed by atoms with Crippen molar-refractivity contribution in [2.45, 2.75) is 44.7 Å². The highest BCUT2D eigenvalue weighted by atomic mass is 15.0. The average molecular weight is 201 g/mol. The molecule has 1 N–H and O–H groups in total. The molecule has 80 valence electrons. The van der Waals surface area contributed by atoms with Crippen LogP contribution in [0.15, 0.2) is 35.5 Å². The zero-order valence-electron chi connectivity index (χ0n) is 9.37. The number of allylic oxidation sites excluding steroid dienone is 3. The third-order valence-corrected chi connectivity index (χ3v) is 4.05. The van der Waals surface area contributed by atoms with E-state index in [1.54, 1.807) is 11.1 Å². The van der Waals surface area contributed by atoms with Crippen LogP contribution in [0.2, 0.25) is 0 Å². The van der Waals surface area contributed by atoms with E-state index in [9.17, 15) is 0 Å². The molecule has 3 rings (SSSR count). The zero-order chi connectivity index (χ0) is 10.3.